The van der Waals surface area contributed by atoms with Gasteiger partial charge in [-0.05, 0) is 42.7 Å². The highest BCUT2D eigenvalue weighted by molar-refractivity contribution is 6.30. The maximum Gasteiger partial charge on any atom is 0.147 e. The zero-order chi connectivity index (χ0) is 25.3. The predicted molar refractivity (Wildman–Crippen MR) is 165 cm³/mol. The van der Waals surface area contributed by atoms with E-state index in [2.05, 4.69) is 58.0 Å². The van der Waals surface area contributed by atoms with Crippen LogP contribution in [0, 0.1) is 5.82 Å². The van der Waals surface area contributed by atoms with Crippen LogP contribution < -0.4 is 15.4 Å². The lowest BCUT2D eigenvalue weighted by Crippen LogP contribution is -2.47. The molecule has 1 fully saturated rings. The first-order valence-electron chi connectivity index (χ1n) is 12.6. The Bertz CT molecular complexity index is 1100. The number of piperazine rings is 1. The fourth-order valence-electron chi connectivity index (χ4n) is 4.65. The van der Waals surface area contributed by atoms with E-state index in [1.54, 1.807) is 12.1 Å². The molecule has 39 heavy (non-hydrogen) atoms. The average molecular weight is 621 g/mol. The fourth-order valence-corrected chi connectivity index (χ4v) is 4.83. The Morgan fingerprint density at radius 3 is 2.49 bits per heavy atom. The van der Waals surface area contributed by atoms with Crippen LogP contribution in [0.3, 0.4) is 0 Å². The summed E-state index contributed by atoms with van der Waals surface area (Å²) in [5, 5.41) is 17.1. The quantitative estimate of drug-likeness (QED) is 0.245. The Morgan fingerprint density at radius 1 is 1.05 bits per heavy atom. The van der Waals surface area contributed by atoms with E-state index in [-0.39, 0.29) is 60.4 Å². The van der Waals surface area contributed by atoms with E-state index in [0.29, 0.717) is 12.6 Å². The number of halogens is 5. The zero-order valence-corrected chi connectivity index (χ0v) is 25.1. The highest BCUT2D eigenvalue weighted by Gasteiger charge is 2.23. The molecule has 3 N–H and O–H groups in total. The standard InChI is InChI=1S/C29H35ClFN3O2.3ClH/c1-21(33-20-28(35)25-8-5-9-26(30)29(25)31)18-22-10-12-24(13-11-22)36-17-16-34-15-14-32-19-27(34)23-6-3-2-4-7-23;;;/h2-13,21,27-28,32-33,35H,14-20H2,1H3;3*1H. The summed E-state index contributed by atoms with van der Waals surface area (Å²) in [4.78, 5) is 2.48. The van der Waals surface area contributed by atoms with Crippen molar-refractivity contribution >= 4 is 48.8 Å². The SMILES string of the molecule is CC(Cc1ccc(OCCN2CCNCC2c2ccccc2)cc1)NCC(O)c1cccc(Cl)c1F.Cl.Cl.Cl. The summed E-state index contributed by atoms with van der Waals surface area (Å²) in [6.45, 7) is 6.76. The minimum atomic E-state index is -0.959. The molecule has 5 nitrogen and oxygen atoms in total. The van der Waals surface area contributed by atoms with Gasteiger partial charge >= 0.3 is 0 Å². The van der Waals surface area contributed by atoms with Crippen molar-refractivity contribution in [2.75, 3.05) is 39.3 Å². The number of aliphatic hydroxyl groups is 1. The van der Waals surface area contributed by atoms with Gasteiger partial charge in [-0.25, -0.2) is 4.39 Å². The smallest absolute Gasteiger partial charge is 0.147 e. The van der Waals surface area contributed by atoms with Crippen molar-refractivity contribution in [1.29, 1.82) is 0 Å². The molecule has 3 aromatic carbocycles. The molecule has 1 saturated heterocycles. The minimum Gasteiger partial charge on any atom is -0.492 e. The van der Waals surface area contributed by atoms with Crippen LogP contribution in [0.2, 0.25) is 5.02 Å². The lowest BCUT2D eigenvalue weighted by atomic mass is 10.0. The number of hydrogen-bond acceptors (Lipinski definition) is 5. The normalized spacial score (nSPS) is 16.7. The summed E-state index contributed by atoms with van der Waals surface area (Å²) in [5.41, 5.74) is 2.71. The highest BCUT2D eigenvalue weighted by atomic mass is 35.5. The Hall–Kier alpha value is -1.61. The molecule has 10 heteroatoms. The van der Waals surface area contributed by atoms with Crippen LogP contribution in [0.25, 0.3) is 0 Å². The molecule has 216 valence electrons. The average Bonchev–Trinajstić information content (AvgIpc) is 2.91. The van der Waals surface area contributed by atoms with Crippen molar-refractivity contribution in [3.05, 3.63) is 100 Å². The van der Waals surface area contributed by atoms with Crippen LogP contribution in [0.4, 0.5) is 4.39 Å². The summed E-state index contributed by atoms with van der Waals surface area (Å²) in [5.74, 6) is 0.293. The molecular weight excluding hydrogens is 583 g/mol. The van der Waals surface area contributed by atoms with E-state index in [1.165, 1.54) is 11.6 Å². The molecule has 0 bridgehead atoms. The molecule has 0 amide bonds. The molecule has 0 radical (unpaired) electrons. The molecule has 0 aliphatic carbocycles. The molecule has 3 atom stereocenters. The van der Waals surface area contributed by atoms with Gasteiger partial charge in [-0.3, -0.25) is 4.90 Å². The third-order valence-corrected chi connectivity index (χ3v) is 6.94. The Kier molecular flexibility index (Phi) is 16.3. The van der Waals surface area contributed by atoms with Gasteiger partial charge in [0.1, 0.15) is 18.2 Å². The molecule has 1 heterocycles. The van der Waals surface area contributed by atoms with Crippen molar-refractivity contribution < 1.29 is 14.2 Å². The van der Waals surface area contributed by atoms with E-state index in [0.717, 1.165) is 43.9 Å². The third-order valence-electron chi connectivity index (χ3n) is 6.65. The molecule has 0 spiro atoms. The predicted octanol–water partition coefficient (Wildman–Crippen LogP) is 6.02. The first kappa shape index (κ1) is 35.4. The van der Waals surface area contributed by atoms with E-state index in [9.17, 15) is 9.50 Å². The lowest BCUT2D eigenvalue weighted by Gasteiger charge is -2.36. The second kappa shape index (κ2) is 17.9. The van der Waals surface area contributed by atoms with Gasteiger partial charge in [-0.15, -0.1) is 37.2 Å². The highest BCUT2D eigenvalue weighted by Crippen LogP contribution is 2.24. The van der Waals surface area contributed by atoms with Crippen LogP contribution in [-0.2, 0) is 6.42 Å². The third kappa shape index (κ3) is 10.4. The van der Waals surface area contributed by atoms with Gasteiger partial charge in [-0.1, -0.05) is 66.2 Å². The number of nitrogens with zero attached hydrogens (tertiary/aromatic N) is 1. The zero-order valence-electron chi connectivity index (χ0n) is 21.9. The molecule has 3 aromatic rings. The van der Waals surface area contributed by atoms with Crippen molar-refractivity contribution in [1.82, 2.24) is 15.5 Å². The van der Waals surface area contributed by atoms with Crippen LogP contribution >= 0.6 is 48.8 Å². The first-order valence-corrected chi connectivity index (χ1v) is 13.0. The fraction of sp³-hybridized carbons (Fsp3) is 0.379. The van der Waals surface area contributed by atoms with E-state index in [4.69, 9.17) is 16.3 Å². The van der Waals surface area contributed by atoms with E-state index in [1.807, 2.05) is 19.1 Å². The summed E-state index contributed by atoms with van der Waals surface area (Å²) in [6, 6.07) is 23.9. The first-order chi connectivity index (χ1) is 17.5. The summed E-state index contributed by atoms with van der Waals surface area (Å²) in [6.07, 6.45) is -0.177. The Balaban J connectivity index is 0.00000253. The maximum absolute atomic E-state index is 14.1. The van der Waals surface area contributed by atoms with Crippen LogP contribution in [-0.4, -0.2) is 55.4 Å². The lowest BCUT2D eigenvalue weighted by molar-refractivity contribution is 0.134. The van der Waals surface area contributed by atoms with Crippen molar-refractivity contribution in [2.24, 2.45) is 0 Å². The minimum absolute atomic E-state index is 0. The summed E-state index contributed by atoms with van der Waals surface area (Å²) in [7, 11) is 0. The van der Waals surface area contributed by atoms with Gasteiger partial charge < -0.3 is 20.5 Å². The van der Waals surface area contributed by atoms with Crippen LogP contribution in [0.1, 0.15) is 35.8 Å². The van der Waals surface area contributed by atoms with E-state index < -0.39 is 11.9 Å². The van der Waals surface area contributed by atoms with Crippen LogP contribution in [0.5, 0.6) is 5.75 Å². The second-order valence-electron chi connectivity index (χ2n) is 9.33. The van der Waals surface area contributed by atoms with E-state index >= 15 is 0 Å². The molecule has 1 aliphatic rings. The Morgan fingerprint density at radius 2 is 1.77 bits per heavy atom. The molecule has 0 saturated carbocycles. The van der Waals surface area contributed by atoms with Crippen molar-refractivity contribution in [3.63, 3.8) is 0 Å². The number of ether oxygens (including phenoxy) is 1. The monoisotopic (exact) mass is 619 g/mol. The van der Waals surface area contributed by atoms with Gasteiger partial charge in [0.05, 0.1) is 11.1 Å². The van der Waals surface area contributed by atoms with Gasteiger partial charge in [0.2, 0.25) is 0 Å². The molecule has 4 rings (SSSR count). The molecule has 3 unspecified atom stereocenters. The second-order valence-corrected chi connectivity index (χ2v) is 9.74. The largest absolute Gasteiger partial charge is 0.492 e. The molecule has 1 aliphatic heterocycles. The van der Waals surface area contributed by atoms with Crippen molar-refractivity contribution in [3.8, 4) is 5.75 Å². The van der Waals surface area contributed by atoms with Gasteiger partial charge in [0, 0.05) is 50.4 Å². The number of aliphatic hydroxyl groups excluding tert-OH is 1. The topological polar surface area (TPSA) is 56.8 Å². The number of hydrogen-bond donors (Lipinski definition) is 3. The van der Waals surface area contributed by atoms with Gasteiger partial charge in [-0.2, -0.15) is 0 Å². The maximum atomic E-state index is 14.1. The number of nitrogens with one attached hydrogen (secondary N) is 2. The molecule has 0 aromatic heterocycles. The van der Waals surface area contributed by atoms with Crippen molar-refractivity contribution in [2.45, 2.75) is 31.5 Å². The Labute approximate surface area is 254 Å². The van der Waals surface area contributed by atoms with Crippen LogP contribution in [0.15, 0.2) is 72.8 Å². The van der Waals surface area contributed by atoms with Gasteiger partial charge in [0.15, 0.2) is 0 Å². The van der Waals surface area contributed by atoms with Gasteiger partial charge in [0.25, 0.3) is 0 Å². The summed E-state index contributed by atoms with van der Waals surface area (Å²) >= 11 is 5.82. The number of rotatable bonds is 11. The summed E-state index contributed by atoms with van der Waals surface area (Å²) < 4.78 is 20.2. The number of benzene rings is 3. The molecular formula is C29H38Cl4FN3O2.